The number of nitrogens with zero attached hydrogens (tertiary/aromatic N) is 2. The highest BCUT2D eigenvalue weighted by molar-refractivity contribution is 5.33. The summed E-state index contributed by atoms with van der Waals surface area (Å²) in [6.45, 7) is 3.73. The van der Waals surface area contributed by atoms with Crippen molar-refractivity contribution in [2.75, 3.05) is 19.6 Å². The number of rotatable bonds is 2. The number of fused-ring (bicyclic) bond motifs is 1. The Morgan fingerprint density at radius 3 is 3.11 bits per heavy atom. The molecule has 2 aliphatic heterocycles. The van der Waals surface area contributed by atoms with Crippen molar-refractivity contribution in [3.8, 4) is 6.07 Å². The van der Waals surface area contributed by atoms with Crippen LogP contribution in [-0.4, -0.2) is 30.6 Å². The predicted octanol–water partition coefficient (Wildman–Crippen LogP) is 1.88. The highest BCUT2D eigenvalue weighted by Crippen LogP contribution is 2.26. The molecule has 2 fully saturated rings. The van der Waals surface area contributed by atoms with Gasteiger partial charge in [0.15, 0.2) is 0 Å². The standard InChI is InChI=1S/C15H18FN3/c16-14-4-3-11(7-17)6-13(14)9-19-8-12-2-1-5-18-15(12)10-19/h3-4,6,12,15,18H,1-2,5,8-10H2/t12-,15+/m0/s1. The molecular weight excluding hydrogens is 241 g/mol. The summed E-state index contributed by atoms with van der Waals surface area (Å²) in [5.74, 6) is 0.498. The zero-order valence-electron chi connectivity index (χ0n) is 10.9. The van der Waals surface area contributed by atoms with Crippen molar-refractivity contribution >= 4 is 0 Å². The number of halogens is 1. The number of hydrogen-bond donors (Lipinski definition) is 1. The third kappa shape index (κ3) is 2.63. The summed E-state index contributed by atoms with van der Waals surface area (Å²) in [5.41, 5.74) is 1.17. The van der Waals surface area contributed by atoms with Crippen LogP contribution in [0.5, 0.6) is 0 Å². The Hall–Kier alpha value is -1.44. The van der Waals surface area contributed by atoms with E-state index in [2.05, 4.69) is 16.3 Å². The van der Waals surface area contributed by atoms with E-state index in [1.807, 2.05) is 0 Å². The summed E-state index contributed by atoms with van der Waals surface area (Å²) < 4.78 is 13.8. The maximum absolute atomic E-state index is 13.8. The molecule has 100 valence electrons. The van der Waals surface area contributed by atoms with E-state index in [0.29, 0.717) is 29.6 Å². The molecule has 1 aromatic carbocycles. The topological polar surface area (TPSA) is 39.1 Å². The molecule has 0 unspecified atom stereocenters. The Morgan fingerprint density at radius 1 is 1.42 bits per heavy atom. The van der Waals surface area contributed by atoms with Crippen LogP contribution in [0.2, 0.25) is 0 Å². The molecule has 4 heteroatoms. The van der Waals surface area contributed by atoms with E-state index in [4.69, 9.17) is 5.26 Å². The molecule has 2 heterocycles. The smallest absolute Gasteiger partial charge is 0.127 e. The van der Waals surface area contributed by atoms with Crippen molar-refractivity contribution in [2.45, 2.75) is 25.4 Å². The van der Waals surface area contributed by atoms with E-state index in [1.54, 1.807) is 6.07 Å². The van der Waals surface area contributed by atoms with Crippen molar-refractivity contribution < 1.29 is 4.39 Å². The Bertz CT molecular complexity index is 495. The van der Waals surface area contributed by atoms with Crippen molar-refractivity contribution in [3.05, 3.63) is 35.1 Å². The second-order valence-electron chi connectivity index (χ2n) is 5.58. The summed E-state index contributed by atoms with van der Waals surface area (Å²) in [6, 6.07) is 7.24. The van der Waals surface area contributed by atoms with Gasteiger partial charge >= 0.3 is 0 Å². The molecule has 0 spiro atoms. The van der Waals surface area contributed by atoms with Gasteiger partial charge in [0.1, 0.15) is 5.82 Å². The molecule has 0 aromatic heterocycles. The van der Waals surface area contributed by atoms with Crippen LogP contribution in [0.15, 0.2) is 18.2 Å². The van der Waals surface area contributed by atoms with Crippen LogP contribution < -0.4 is 5.32 Å². The largest absolute Gasteiger partial charge is 0.312 e. The van der Waals surface area contributed by atoms with Gasteiger partial charge in [-0.3, -0.25) is 4.90 Å². The molecule has 0 radical (unpaired) electrons. The molecule has 19 heavy (non-hydrogen) atoms. The van der Waals surface area contributed by atoms with Crippen LogP contribution in [0.4, 0.5) is 4.39 Å². The van der Waals surface area contributed by atoms with Gasteiger partial charge in [-0.05, 0) is 43.5 Å². The normalized spacial score (nSPS) is 26.9. The average Bonchev–Trinajstić information content (AvgIpc) is 2.83. The summed E-state index contributed by atoms with van der Waals surface area (Å²) in [7, 11) is 0. The maximum Gasteiger partial charge on any atom is 0.127 e. The summed E-state index contributed by atoms with van der Waals surface area (Å²) in [6.07, 6.45) is 2.52. The van der Waals surface area contributed by atoms with Gasteiger partial charge in [0.05, 0.1) is 11.6 Å². The minimum atomic E-state index is -0.207. The molecule has 1 aromatic rings. The molecule has 2 aliphatic rings. The highest BCUT2D eigenvalue weighted by atomic mass is 19.1. The van der Waals surface area contributed by atoms with Crippen molar-refractivity contribution in [2.24, 2.45) is 5.92 Å². The first-order valence-electron chi connectivity index (χ1n) is 6.90. The van der Waals surface area contributed by atoms with Crippen LogP contribution in [0.1, 0.15) is 24.0 Å². The third-order valence-corrected chi connectivity index (χ3v) is 4.24. The lowest BCUT2D eigenvalue weighted by Crippen LogP contribution is -2.40. The van der Waals surface area contributed by atoms with E-state index >= 15 is 0 Å². The summed E-state index contributed by atoms with van der Waals surface area (Å²) >= 11 is 0. The van der Waals surface area contributed by atoms with Gasteiger partial charge in [0, 0.05) is 31.2 Å². The molecule has 2 saturated heterocycles. The van der Waals surface area contributed by atoms with Crippen molar-refractivity contribution in [1.29, 1.82) is 5.26 Å². The summed E-state index contributed by atoms with van der Waals surface area (Å²) in [4.78, 5) is 2.30. The van der Waals surface area contributed by atoms with Gasteiger partial charge in [0.25, 0.3) is 0 Å². The number of piperidine rings is 1. The third-order valence-electron chi connectivity index (χ3n) is 4.24. The fraction of sp³-hybridized carbons (Fsp3) is 0.533. The number of hydrogen-bond acceptors (Lipinski definition) is 3. The number of likely N-dealkylation sites (tertiary alicyclic amines) is 1. The monoisotopic (exact) mass is 259 g/mol. The lowest BCUT2D eigenvalue weighted by molar-refractivity contribution is 0.308. The van der Waals surface area contributed by atoms with Crippen molar-refractivity contribution in [3.63, 3.8) is 0 Å². The lowest BCUT2D eigenvalue weighted by atomic mass is 9.94. The molecule has 0 bridgehead atoms. The molecule has 3 nitrogen and oxygen atoms in total. The zero-order valence-corrected chi connectivity index (χ0v) is 10.9. The molecule has 3 rings (SSSR count). The van der Waals surface area contributed by atoms with Crippen LogP contribution in [0, 0.1) is 23.1 Å². The lowest BCUT2D eigenvalue weighted by Gasteiger charge is -2.24. The molecule has 1 N–H and O–H groups in total. The predicted molar refractivity (Wildman–Crippen MR) is 70.9 cm³/mol. The molecule has 2 atom stereocenters. The van der Waals surface area contributed by atoms with Gasteiger partial charge in [-0.15, -0.1) is 0 Å². The number of benzene rings is 1. The van der Waals surface area contributed by atoms with E-state index in [1.165, 1.54) is 25.0 Å². The van der Waals surface area contributed by atoms with Gasteiger partial charge in [-0.1, -0.05) is 0 Å². The maximum atomic E-state index is 13.8. The fourth-order valence-corrected chi connectivity index (χ4v) is 3.27. The second-order valence-corrected chi connectivity index (χ2v) is 5.58. The number of nitrogens with one attached hydrogen (secondary N) is 1. The molecule has 0 amide bonds. The van der Waals surface area contributed by atoms with Gasteiger partial charge in [0.2, 0.25) is 0 Å². The first kappa shape index (κ1) is 12.6. The Kier molecular flexibility index (Phi) is 3.50. The minimum Gasteiger partial charge on any atom is -0.312 e. The van der Waals surface area contributed by atoms with Crippen molar-refractivity contribution in [1.82, 2.24) is 10.2 Å². The number of nitriles is 1. The van der Waals surface area contributed by atoms with Crippen LogP contribution in [-0.2, 0) is 6.54 Å². The Labute approximate surface area is 113 Å². The van der Waals surface area contributed by atoms with Crippen LogP contribution in [0.25, 0.3) is 0 Å². The zero-order chi connectivity index (χ0) is 13.2. The second kappa shape index (κ2) is 5.28. The van der Waals surface area contributed by atoms with Gasteiger partial charge in [-0.2, -0.15) is 5.26 Å². The molecular formula is C15H18FN3. The first-order chi connectivity index (χ1) is 9.26. The van der Waals surface area contributed by atoms with E-state index in [9.17, 15) is 4.39 Å². The van der Waals surface area contributed by atoms with Gasteiger partial charge in [-0.25, -0.2) is 4.39 Å². The first-order valence-corrected chi connectivity index (χ1v) is 6.90. The SMILES string of the molecule is N#Cc1ccc(F)c(CN2C[C@@H]3CCCN[C@@H]3C2)c1. The Morgan fingerprint density at radius 2 is 2.32 bits per heavy atom. The van der Waals surface area contributed by atoms with Crippen LogP contribution in [0.3, 0.4) is 0 Å². The van der Waals surface area contributed by atoms with Gasteiger partial charge < -0.3 is 5.32 Å². The Balaban J connectivity index is 1.70. The van der Waals surface area contributed by atoms with E-state index in [-0.39, 0.29) is 5.82 Å². The van der Waals surface area contributed by atoms with E-state index < -0.39 is 0 Å². The molecule has 0 aliphatic carbocycles. The molecule has 0 saturated carbocycles. The summed E-state index contributed by atoms with van der Waals surface area (Å²) in [5, 5.41) is 12.4. The highest BCUT2D eigenvalue weighted by Gasteiger charge is 2.34. The quantitative estimate of drug-likeness (QED) is 0.881. The van der Waals surface area contributed by atoms with E-state index in [0.717, 1.165) is 19.6 Å². The minimum absolute atomic E-state index is 0.207. The average molecular weight is 259 g/mol. The van der Waals surface area contributed by atoms with Crippen LogP contribution >= 0.6 is 0 Å². The fourth-order valence-electron chi connectivity index (χ4n) is 3.27.